The highest BCUT2D eigenvalue weighted by Crippen LogP contribution is 2.35. The summed E-state index contributed by atoms with van der Waals surface area (Å²) in [6.07, 6.45) is -3.65. The predicted octanol–water partition coefficient (Wildman–Crippen LogP) is 3.62. The van der Waals surface area contributed by atoms with E-state index in [4.69, 9.17) is 0 Å². The van der Waals surface area contributed by atoms with Crippen molar-refractivity contribution in [2.24, 2.45) is 11.8 Å². The molecule has 2 aliphatic rings. The molecule has 0 spiro atoms. The summed E-state index contributed by atoms with van der Waals surface area (Å²) in [5.74, 6) is 0.593. The number of alkyl halides is 3. The van der Waals surface area contributed by atoms with Crippen LogP contribution in [0.3, 0.4) is 0 Å². The van der Waals surface area contributed by atoms with Crippen LogP contribution in [-0.2, 0) is 9.84 Å². The van der Waals surface area contributed by atoms with Gasteiger partial charge >= 0.3 is 6.36 Å². The minimum atomic E-state index is -4.91. The first-order chi connectivity index (χ1) is 15.2. The van der Waals surface area contributed by atoms with Crippen molar-refractivity contribution in [1.82, 2.24) is 10.3 Å². The molecule has 3 heterocycles. The Bertz CT molecular complexity index is 1270. The molecule has 2 aromatic carbocycles. The summed E-state index contributed by atoms with van der Waals surface area (Å²) in [5, 5.41) is 4.06. The van der Waals surface area contributed by atoms with Crippen molar-refractivity contribution in [3.63, 3.8) is 0 Å². The van der Waals surface area contributed by atoms with Crippen LogP contribution in [0.1, 0.15) is 0 Å². The molecule has 6 nitrogen and oxygen atoms in total. The third-order valence-corrected chi connectivity index (χ3v) is 7.77. The van der Waals surface area contributed by atoms with Gasteiger partial charge in [-0.3, -0.25) is 4.98 Å². The fourth-order valence-electron chi connectivity index (χ4n) is 4.55. The van der Waals surface area contributed by atoms with E-state index in [0.29, 0.717) is 22.7 Å². The molecule has 0 aliphatic carbocycles. The van der Waals surface area contributed by atoms with Gasteiger partial charge in [0.1, 0.15) is 5.75 Å². The van der Waals surface area contributed by atoms with Crippen molar-refractivity contribution in [3.8, 4) is 5.75 Å². The van der Waals surface area contributed by atoms with Gasteiger partial charge in [-0.2, -0.15) is 0 Å². The second-order valence-corrected chi connectivity index (χ2v) is 10.1. The third-order valence-electron chi connectivity index (χ3n) is 6.05. The van der Waals surface area contributed by atoms with Crippen LogP contribution in [0.4, 0.5) is 18.9 Å². The van der Waals surface area contributed by atoms with Crippen LogP contribution in [0.5, 0.6) is 5.75 Å². The van der Waals surface area contributed by atoms with E-state index in [0.717, 1.165) is 44.0 Å². The molecule has 10 heteroatoms. The standard InChI is InChI=1S/C22H20F3N3O3S/c23-22(24,25)31-17-4-2-5-18(8-17)32(29,30)19-7-14-3-1-6-20(21(14)27-11-19)28-12-15-9-26-10-16(15)13-28/h1-8,11,15-16,26H,9-10,12-13H2. The molecule has 5 rings (SSSR count). The molecular formula is C22H20F3N3O3S. The highest BCUT2D eigenvalue weighted by Gasteiger charge is 2.37. The lowest BCUT2D eigenvalue weighted by Gasteiger charge is -2.21. The Morgan fingerprint density at radius 1 is 1.00 bits per heavy atom. The number of nitrogens with zero attached hydrogens (tertiary/aromatic N) is 2. The zero-order valence-electron chi connectivity index (χ0n) is 16.8. The number of hydrogen-bond acceptors (Lipinski definition) is 6. The predicted molar refractivity (Wildman–Crippen MR) is 112 cm³/mol. The normalized spacial score (nSPS) is 21.2. The molecule has 3 aromatic rings. The highest BCUT2D eigenvalue weighted by atomic mass is 32.2. The molecule has 1 N–H and O–H groups in total. The summed E-state index contributed by atoms with van der Waals surface area (Å²) in [6, 6.07) is 11.5. The van der Waals surface area contributed by atoms with Gasteiger partial charge in [0.05, 0.1) is 21.0 Å². The molecule has 2 saturated heterocycles. The summed E-state index contributed by atoms with van der Waals surface area (Å²) in [4.78, 5) is 6.35. The second-order valence-electron chi connectivity index (χ2n) is 8.13. The Labute approximate surface area is 182 Å². The number of pyridine rings is 1. The van der Waals surface area contributed by atoms with Crippen LogP contribution in [0.25, 0.3) is 10.9 Å². The molecule has 0 radical (unpaired) electrons. The van der Waals surface area contributed by atoms with E-state index in [1.807, 2.05) is 12.1 Å². The molecule has 168 valence electrons. The Hall–Kier alpha value is -2.85. The second kappa shape index (κ2) is 7.63. The molecule has 2 aliphatic heterocycles. The molecule has 0 saturated carbocycles. The fraction of sp³-hybridized carbons (Fsp3) is 0.318. The van der Waals surface area contributed by atoms with E-state index in [2.05, 4.69) is 19.9 Å². The van der Waals surface area contributed by atoms with Gasteiger partial charge in [0.2, 0.25) is 9.84 Å². The van der Waals surface area contributed by atoms with Crippen molar-refractivity contribution in [3.05, 3.63) is 54.7 Å². The summed E-state index contributed by atoms with van der Waals surface area (Å²) in [5.41, 5.74) is 1.66. The van der Waals surface area contributed by atoms with Crippen LogP contribution < -0.4 is 15.0 Å². The van der Waals surface area contributed by atoms with Gasteiger partial charge in [-0.15, -0.1) is 13.2 Å². The molecule has 2 atom stereocenters. The monoisotopic (exact) mass is 463 g/mol. The van der Waals surface area contributed by atoms with Crippen molar-refractivity contribution in [1.29, 1.82) is 0 Å². The van der Waals surface area contributed by atoms with Crippen LogP contribution in [-0.4, -0.2) is 45.9 Å². The number of hydrogen-bond donors (Lipinski definition) is 1. The van der Waals surface area contributed by atoms with E-state index in [-0.39, 0.29) is 9.79 Å². The fourth-order valence-corrected chi connectivity index (χ4v) is 5.83. The molecular weight excluding hydrogens is 443 g/mol. The van der Waals surface area contributed by atoms with Crippen LogP contribution in [0.15, 0.2) is 64.5 Å². The lowest BCUT2D eigenvalue weighted by atomic mass is 10.0. The Kier molecular flexibility index (Phi) is 5.01. The number of halogens is 3. The molecule has 1 aromatic heterocycles. The van der Waals surface area contributed by atoms with Crippen molar-refractivity contribution in [2.75, 3.05) is 31.1 Å². The first kappa shape index (κ1) is 21.0. The van der Waals surface area contributed by atoms with Crippen LogP contribution in [0.2, 0.25) is 0 Å². The number of benzene rings is 2. The van der Waals surface area contributed by atoms with Gasteiger partial charge in [0, 0.05) is 37.8 Å². The van der Waals surface area contributed by atoms with E-state index >= 15 is 0 Å². The number of para-hydroxylation sites is 1. The number of sulfone groups is 1. The Balaban J connectivity index is 1.48. The van der Waals surface area contributed by atoms with Gasteiger partial charge in [-0.05, 0) is 42.2 Å². The first-order valence-corrected chi connectivity index (χ1v) is 11.6. The van der Waals surface area contributed by atoms with E-state index in [9.17, 15) is 21.6 Å². The molecule has 0 amide bonds. The zero-order chi connectivity index (χ0) is 22.5. The van der Waals surface area contributed by atoms with Gasteiger partial charge in [0.25, 0.3) is 0 Å². The average molecular weight is 463 g/mol. The number of anilines is 1. The Morgan fingerprint density at radius 2 is 1.72 bits per heavy atom. The minimum Gasteiger partial charge on any atom is -0.406 e. The van der Waals surface area contributed by atoms with Gasteiger partial charge in [-0.1, -0.05) is 18.2 Å². The quantitative estimate of drug-likeness (QED) is 0.637. The van der Waals surface area contributed by atoms with Gasteiger partial charge < -0.3 is 15.0 Å². The summed E-state index contributed by atoms with van der Waals surface area (Å²) < 4.78 is 67.6. The number of nitrogens with one attached hydrogen (secondary N) is 1. The number of rotatable bonds is 4. The summed E-state index contributed by atoms with van der Waals surface area (Å²) >= 11 is 0. The topological polar surface area (TPSA) is 71.5 Å². The third kappa shape index (κ3) is 3.88. The van der Waals surface area contributed by atoms with Crippen molar-refractivity contribution >= 4 is 26.4 Å². The number of aromatic nitrogens is 1. The first-order valence-electron chi connectivity index (χ1n) is 10.2. The van der Waals surface area contributed by atoms with Gasteiger partial charge in [0.15, 0.2) is 0 Å². The lowest BCUT2D eigenvalue weighted by molar-refractivity contribution is -0.274. The van der Waals surface area contributed by atoms with E-state index < -0.39 is 21.9 Å². The maximum Gasteiger partial charge on any atom is 0.573 e. The maximum absolute atomic E-state index is 13.1. The van der Waals surface area contributed by atoms with E-state index in [1.165, 1.54) is 24.4 Å². The number of ether oxygens (including phenoxy) is 1. The highest BCUT2D eigenvalue weighted by molar-refractivity contribution is 7.91. The summed E-state index contributed by atoms with van der Waals surface area (Å²) in [7, 11) is -4.08. The zero-order valence-corrected chi connectivity index (χ0v) is 17.7. The molecule has 32 heavy (non-hydrogen) atoms. The smallest absolute Gasteiger partial charge is 0.406 e. The minimum absolute atomic E-state index is 0.0891. The lowest BCUT2D eigenvalue weighted by Crippen LogP contribution is -2.25. The Morgan fingerprint density at radius 3 is 2.44 bits per heavy atom. The molecule has 2 unspecified atom stereocenters. The van der Waals surface area contributed by atoms with Crippen molar-refractivity contribution in [2.45, 2.75) is 16.2 Å². The SMILES string of the molecule is O=S(=O)(c1cccc(OC(F)(F)F)c1)c1cnc2c(N3CC4CNCC4C3)cccc2c1. The van der Waals surface area contributed by atoms with E-state index in [1.54, 1.807) is 6.07 Å². The average Bonchev–Trinajstić information content (AvgIpc) is 3.34. The number of fused-ring (bicyclic) bond motifs is 2. The summed E-state index contributed by atoms with van der Waals surface area (Å²) in [6.45, 7) is 3.84. The largest absolute Gasteiger partial charge is 0.573 e. The van der Waals surface area contributed by atoms with Gasteiger partial charge in [-0.25, -0.2) is 8.42 Å². The van der Waals surface area contributed by atoms with Crippen LogP contribution in [0, 0.1) is 11.8 Å². The maximum atomic E-state index is 13.1. The molecule has 2 fully saturated rings. The molecule has 0 bridgehead atoms. The van der Waals surface area contributed by atoms with Crippen molar-refractivity contribution < 1.29 is 26.3 Å². The van der Waals surface area contributed by atoms with Crippen LogP contribution >= 0.6 is 0 Å².